The lowest BCUT2D eigenvalue weighted by atomic mass is 10.3. The fraction of sp³-hybridized carbons (Fsp3) is 0.455. The van der Waals surface area contributed by atoms with Crippen LogP contribution in [0.5, 0.6) is 0 Å². The van der Waals surface area contributed by atoms with E-state index in [-0.39, 0.29) is 28.4 Å². The van der Waals surface area contributed by atoms with E-state index >= 15 is 0 Å². The van der Waals surface area contributed by atoms with Crippen molar-refractivity contribution >= 4 is 34.0 Å². The Morgan fingerprint density at radius 3 is 2.79 bits per heavy atom. The Morgan fingerprint density at radius 2 is 2.16 bits per heavy atom. The molecule has 0 spiro atoms. The summed E-state index contributed by atoms with van der Waals surface area (Å²) in [5.41, 5.74) is 0. The molecule has 1 heterocycles. The van der Waals surface area contributed by atoms with E-state index < -0.39 is 15.8 Å². The summed E-state index contributed by atoms with van der Waals surface area (Å²) >= 11 is 5.73. The fourth-order valence-corrected chi connectivity index (χ4v) is 3.79. The SMILES string of the molecule is C[C@@H]1CN(S(=O)(=O)c2cc(Cl)ccc2F)CCN1.Cl. The molecule has 0 unspecified atom stereocenters. The van der Waals surface area contributed by atoms with Gasteiger partial charge < -0.3 is 5.32 Å². The molecule has 2 rings (SSSR count). The van der Waals surface area contributed by atoms with Crippen molar-refractivity contribution in [3.05, 3.63) is 29.0 Å². The first-order chi connectivity index (χ1) is 8.41. The minimum atomic E-state index is -3.81. The predicted molar refractivity (Wildman–Crippen MR) is 74.9 cm³/mol. The summed E-state index contributed by atoms with van der Waals surface area (Å²) in [6.07, 6.45) is 0. The van der Waals surface area contributed by atoms with E-state index in [1.807, 2.05) is 6.92 Å². The average molecular weight is 329 g/mol. The Balaban J connectivity index is 0.00000180. The third-order valence-electron chi connectivity index (χ3n) is 2.84. The Bertz CT molecular complexity index is 554. The quantitative estimate of drug-likeness (QED) is 0.901. The highest BCUT2D eigenvalue weighted by molar-refractivity contribution is 7.89. The van der Waals surface area contributed by atoms with E-state index in [1.165, 1.54) is 10.4 Å². The van der Waals surface area contributed by atoms with E-state index in [0.29, 0.717) is 19.6 Å². The molecule has 4 nitrogen and oxygen atoms in total. The normalized spacial score (nSPS) is 20.9. The molecule has 0 aromatic heterocycles. The van der Waals surface area contributed by atoms with Crippen molar-refractivity contribution in [2.75, 3.05) is 19.6 Å². The molecule has 1 aromatic rings. The smallest absolute Gasteiger partial charge is 0.246 e. The molecule has 1 saturated heterocycles. The van der Waals surface area contributed by atoms with Crippen LogP contribution in [0.25, 0.3) is 0 Å². The van der Waals surface area contributed by atoms with Gasteiger partial charge in [-0.1, -0.05) is 11.6 Å². The molecule has 0 saturated carbocycles. The molecule has 108 valence electrons. The molecular weight excluding hydrogens is 314 g/mol. The highest BCUT2D eigenvalue weighted by Gasteiger charge is 2.30. The van der Waals surface area contributed by atoms with Crippen molar-refractivity contribution in [2.24, 2.45) is 0 Å². The van der Waals surface area contributed by atoms with Gasteiger partial charge in [0.15, 0.2) is 0 Å². The lowest BCUT2D eigenvalue weighted by molar-refractivity contribution is 0.309. The van der Waals surface area contributed by atoms with Gasteiger partial charge in [-0.2, -0.15) is 4.31 Å². The topological polar surface area (TPSA) is 49.4 Å². The van der Waals surface area contributed by atoms with Gasteiger partial charge in [0.05, 0.1) is 0 Å². The summed E-state index contributed by atoms with van der Waals surface area (Å²) in [7, 11) is -3.81. The molecule has 0 bridgehead atoms. The van der Waals surface area contributed by atoms with Crippen LogP contribution in [-0.4, -0.2) is 38.4 Å². The van der Waals surface area contributed by atoms with Crippen LogP contribution in [0, 0.1) is 5.82 Å². The summed E-state index contributed by atoms with van der Waals surface area (Å²) in [6.45, 7) is 3.10. The van der Waals surface area contributed by atoms with Crippen LogP contribution in [0.4, 0.5) is 4.39 Å². The number of benzene rings is 1. The van der Waals surface area contributed by atoms with Crippen LogP contribution in [0.15, 0.2) is 23.1 Å². The lowest BCUT2D eigenvalue weighted by Crippen LogP contribution is -2.51. The van der Waals surface area contributed by atoms with Crippen LogP contribution >= 0.6 is 24.0 Å². The lowest BCUT2D eigenvalue weighted by Gasteiger charge is -2.31. The number of halogens is 3. The van der Waals surface area contributed by atoms with Gasteiger partial charge in [-0.3, -0.25) is 0 Å². The summed E-state index contributed by atoms with van der Waals surface area (Å²) in [6, 6.07) is 3.60. The van der Waals surface area contributed by atoms with E-state index in [9.17, 15) is 12.8 Å². The largest absolute Gasteiger partial charge is 0.312 e. The number of nitrogens with one attached hydrogen (secondary N) is 1. The van der Waals surface area contributed by atoms with E-state index in [0.717, 1.165) is 12.1 Å². The molecule has 0 amide bonds. The number of nitrogens with zero attached hydrogens (tertiary/aromatic N) is 1. The molecule has 0 aliphatic carbocycles. The minimum Gasteiger partial charge on any atom is -0.312 e. The first kappa shape index (κ1) is 16.7. The van der Waals surface area contributed by atoms with Crippen molar-refractivity contribution in [1.82, 2.24) is 9.62 Å². The fourth-order valence-electron chi connectivity index (χ4n) is 1.93. The van der Waals surface area contributed by atoms with Crippen molar-refractivity contribution in [1.29, 1.82) is 0 Å². The molecule has 1 atom stereocenters. The first-order valence-corrected chi connectivity index (χ1v) is 7.41. The zero-order valence-electron chi connectivity index (χ0n) is 10.3. The minimum absolute atomic E-state index is 0. The Kier molecular flexibility index (Phi) is 5.58. The summed E-state index contributed by atoms with van der Waals surface area (Å²) in [5, 5.41) is 3.34. The first-order valence-electron chi connectivity index (χ1n) is 5.60. The van der Waals surface area contributed by atoms with Crippen molar-refractivity contribution in [3.63, 3.8) is 0 Å². The molecule has 19 heavy (non-hydrogen) atoms. The maximum Gasteiger partial charge on any atom is 0.246 e. The zero-order chi connectivity index (χ0) is 13.3. The summed E-state index contributed by atoms with van der Waals surface area (Å²) in [4.78, 5) is -0.357. The van der Waals surface area contributed by atoms with Gasteiger partial charge in [0.2, 0.25) is 10.0 Å². The number of hydrogen-bond donors (Lipinski definition) is 1. The molecular formula is C11H15Cl2FN2O2S. The molecule has 1 aromatic carbocycles. The highest BCUT2D eigenvalue weighted by atomic mass is 35.5. The van der Waals surface area contributed by atoms with Crippen LogP contribution in [0.3, 0.4) is 0 Å². The highest BCUT2D eigenvalue weighted by Crippen LogP contribution is 2.23. The molecule has 1 fully saturated rings. The Hall–Kier alpha value is -0.400. The maximum absolute atomic E-state index is 13.6. The van der Waals surface area contributed by atoms with Gasteiger partial charge in [-0.05, 0) is 25.1 Å². The third kappa shape index (κ3) is 3.58. The summed E-state index contributed by atoms with van der Waals surface area (Å²) < 4.78 is 39.5. The van der Waals surface area contributed by atoms with Gasteiger partial charge in [-0.15, -0.1) is 12.4 Å². The second-order valence-electron chi connectivity index (χ2n) is 4.29. The van der Waals surface area contributed by atoms with Crippen molar-refractivity contribution in [3.8, 4) is 0 Å². The van der Waals surface area contributed by atoms with Crippen LogP contribution in [-0.2, 0) is 10.0 Å². The van der Waals surface area contributed by atoms with Gasteiger partial charge in [-0.25, -0.2) is 12.8 Å². The zero-order valence-corrected chi connectivity index (χ0v) is 12.7. The van der Waals surface area contributed by atoms with Gasteiger partial charge in [0.1, 0.15) is 10.7 Å². The monoisotopic (exact) mass is 328 g/mol. The molecule has 1 aliphatic heterocycles. The number of hydrogen-bond acceptors (Lipinski definition) is 3. The van der Waals surface area contributed by atoms with E-state index in [1.54, 1.807) is 0 Å². The van der Waals surface area contributed by atoms with E-state index in [4.69, 9.17) is 11.6 Å². The number of sulfonamides is 1. The molecule has 8 heteroatoms. The van der Waals surface area contributed by atoms with Gasteiger partial charge in [0, 0.05) is 30.7 Å². The van der Waals surface area contributed by atoms with Gasteiger partial charge in [0.25, 0.3) is 0 Å². The van der Waals surface area contributed by atoms with Crippen LogP contribution < -0.4 is 5.32 Å². The third-order valence-corrected chi connectivity index (χ3v) is 4.96. The van der Waals surface area contributed by atoms with Crippen molar-refractivity contribution < 1.29 is 12.8 Å². The second-order valence-corrected chi connectivity index (χ2v) is 6.64. The molecule has 1 aliphatic rings. The van der Waals surface area contributed by atoms with Gasteiger partial charge >= 0.3 is 0 Å². The van der Waals surface area contributed by atoms with Crippen molar-refractivity contribution in [2.45, 2.75) is 17.9 Å². The standard InChI is InChI=1S/C11H14ClFN2O2S.ClH/c1-8-7-15(5-4-14-8)18(16,17)11-6-9(12)2-3-10(11)13;/h2-3,6,8,14H,4-5,7H2,1H3;1H/t8-;/m1./s1. The van der Waals surface area contributed by atoms with E-state index in [2.05, 4.69) is 5.32 Å². The average Bonchev–Trinajstić information content (AvgIpc) is 2.32. The Morgan fingerprint density at radius 1 is 1.47 bits per heavy atom. The number of rotatable bonds is 2. The Labute approximate surface area is 123 Å². The van der Waals surface area contributed by atoms with Crippen LogP contribution in [0.1, 0.15) is 6.92 Å². The predicted octanol–water partition coefficient (Wildman–Crippen LogP) is 1.88. The molecule has 0 radical (unpaired) electrons. The second kappa shape index (κ2) is 6.37. The summed E-state index contributed by atoms with van der Waals surface area (Å²) in [5.74, 6) is -0.773. The molecule has 1 N–H and O–H groups in total. The van der Waals surface area contributed by atoms with Crippen LogP contribution in [0.2, 0.25) is 5.02 Å². The maximum atomic E-state index is 13.6. The number of piperazine rings is 1.